The van der Waals surface area contributed by atoms with Crippen LogP contribution in [0, 0.1) is 24.2 Å². The zero-order valence-corrected chi connectivity index (χ0v) is 23.3. The zero-order valence-electron chi connectivity index (χ0n) is 22.6. The normalized spacial score (nSPS) is 18.0. The molecule has 2 fully saturated rings. The summed E-state index contributed by atoms with van der Waals surface area (Å²) in [5.74, 6) is 1.50. The summed E-state index contributed by atoms with van der Waals surface area (Å²) < 4.78 is 0. The third-order valence-electron chi connectivity index (χ3n) is 8.78. The van der Waals surface area contributed by atoms with Crippen molar-refractivity contribution >= 4 is 22.6 Å². The fourth-order valence-corrected chi connectivity index (χ4v) is 6.74. The first-order valence-corrected chi connectivity index (χ1v) is 14.7. The smallest absolute Gasteiger partial charge is 0.121 e. The number of halogens is 1. The van der Waals surface area contributed by atoms with Gasteiger partial charge in [-0.3, -0.25) is 0 Å². The second kappa shape index (κ2) is 11.5. The molecule has 1 saturated carbocycles. The summed E-state index contributed by atoms with van der Waals surface area (Å²) in [6, 6.07) is 24.1. The molecule has 39 heavy (non-hydrogen) atoms. The van der Waals surface area contributed by atoms with Crippen molar-refractivity contribution in [3.63, 3.8) is 0 Å². The topological polar surface area (TPSA) is 67.7 Å². The van der Waals surface area contributed by atoms with E-state index < -0.39 is 0 Å². The van der Waals surface area contributed by atoms with Gasteiger partial charge >= 0.3 is 0 Å². The number of hydrogen-bond donors (Lipinski definition) is 2. The lowest BCUT2D eigenvalue weighted by Gasteiger charge is -2.39. The number of aryl methyl sites for hydroxylation is 1. The molecule has 1 saturated heterocycles. The molecule has 3 aromatic carbocycles. The summed E-state index contributed by atoms with van der Waals surface area (Å²) >= 11 is 6.35. The third-order valence-corrected chi connectivity index (χ3v) is 9.19. The summed E-state index contributed by atoms with van der Waals surface area (Å²) in [6.07, 6.45) is 7.93. The molecule has 0 bridgehead atoms. The Labute approximate surface area is 236 Å². The predicted octanol–water partition coefficient (Wildman–Crippen LogP) is 7.55. The van der Waals surface area contributed by atoms with E-state index in [1.165, 1.54) is 57.2 Å². The van der Waals surface area contributed by atoms with Gasteiger partial charge in [0.05, 0.1) is 29.2 Å². The summed E-state index contributed by atoms with van der Waals surface area (Å²) in [5, 5.41) is 13.9. The van der Waals surface area contributed by atoms with E-state index in [0.717, 1.165) is 44.6 Å². The van der Waals surface area contributed by atoms with Gasteiger partial charge in [-0.15, -0.1) is 0 Å². The number of piperidine rings is 1. The Morgan fingerprint density at radius 1 is 1.03 bits per heavy atom. The van der Waals surface area contributed by atoms with Crippen LogP contribution in [0.25, 0.3) is 22.2 Å². The van der Waals surface area contributed by atoms with Crippen molar-refractivity contribution in [2.24, 2.45) is 5.92 Å². The van der Waals surface area contributed by atoms with Crippen molar-refractivity contribution < 1.29 is 0 Å². The minimum Gasteiger partial charge on any atom is -0.341 e. The van der Waals surface area contributed by atoms with Crippen LogP contribution in [0.4, 0.5) is 0 Å². The number of nitriles is 1. The molecule has 1 aliphatic heterocycles. The molecule has 6 heteroatoms. The Bertz CT molecular complexity index is 1430. The van der Waals surface area contributed by atoms with Crippen LogP contribution in [0.15, 0.2) is 60.7 Å². The minimum atomic E-state index is 0.244. The number of nitrogens with zero attached hydrogens (tertiary/aromatic N) is 3. The fourth-order valence-electron chi connectivity index (χ4n) is 6.58. The molecule has 1 atom stereocenters. The first-order chi connectivity index (χ1) is 19.1. The number of imidazole rings is 1. The molecule has 5 nitrogen and oxygen atoms in total. The van der Waals surface area contributed by atoms with Crippen molar-refractivity contribution in [3.8, 4) is 17.2 Å². The highest BCUT2D eigenvalue weighted by molar-refractivity contribution is 6.32. The minimum absolute atomic E-state index is 0.244. The maximum Gasteiger partial charge on any atom is 0.121 e. The SMILES string of the molecule is Cc1cc2[nH]c(CNC(c3ccc(-c4cccc(C#N)c4)cc3)C3CCN(C4CCCC4)CC3)nc2cc1Cl. The molecule has 1 aromatic heterocycles. The first kappa shape index (κ1) is 26.1. The highest BCUT2D eigenvalue weighted by Crippen LogP contribution is 2.35. The van der Waals surface area contributed by atoms with Gasteiger partial charge in [-0.25, -0.2) is 4.98 Å². The first-order valence-electron chi connectivity index (χ1n) is 14.3. The second-order valence-electron chi connectivity index (χ2n) is 11.3. The molecule has 4 aromatic rings. The molecule has 1 unspecified atom stereocenters. The number of aromatic nitrogens is 2. The molecule has 0 amide bonds. The van der Waals surface area contributed by atoms with E-state index in [9.17, 15) is 5.26 Å². The van der Waals surface area contributed by atoms with Crippen LogP contribution in [0.5, 0.6) is 0 Å². The van der Waals surface area contributed by atoms with Gasteiger partial charge in [-0.1, -0.05) is 60.8 Å². The Morgan fingerprint density at radius 3 is 2.54 bits per heavy atom. The third kappa shape index (κ3) is 5.75. The van der Waals surface area contributed by atoms with Crippen LogP contribution < -0.4 is 5.32 Å². The Kier molecular flexibility index (Phi) is 7.70. The van der Waals surface area contributed by atoms with Crippen molar-refractivity contribution in [2.75, 3.05) is 13.1 Å². The molecule has 0 spiro atoms. The summed E-state index contributed by atoms with van der Waals surface area (Å²) in [6.45, 7) is 5.07. The predicted molar refractivity (Wildman–Crippen MR) is 159 cm³/mol. The van der Waals surface area contributed by atoms with Gasteiger partial charge in [0, 0.05) is 17.1 Å². The number of aromatic amines is 1. The second-order valence-corrected chi connectivity index (χ2v) is 11.7. The van der Waals surface area contributed by atoms with E-state index in [0.29, 0.717) is 18.0 Å². The van der Waals surface area contributed by atoms with Gasteiger partial charge in [-0.05, 0) is 98.1 Å². The van der Waals surface area contributed by atoms with Crippen LogP contribution in [0.3, 0.4) is 0 Å². The lowest BCUT2D eigenvalue weighted by molar-refractivity contribution is 0.117. The molecule has 2 N–H and O–H groups in total. The number of rotatable bonds is 7. The number of fused-ring (bicyclic) bond motifs is 1. The van der Waals surface area contributed by atoms with Crippen LogP contribution in [0.2, 0.25) is 5.02 Å². The van der Waals surface area contributed by atoms with Gasteiger partial charge in [0.15, 0.2) is 0 Å². The largest absolute Gasteiger partial charge is 0.341 e. The highest BCUT2D eigenvalue weighted by atomic mass is 35.5. The number of hydrogen-bond acceptors (Lipinski definition) is 4. The van der Waals surface area contributed by atoms with Crippen LogP contribution in [-0.2, 0) is 6.54 Å². The fraction of sp³-hybridized carbons (Fsp3) is 0.394. The van der Waals surface area contributed by atoms with Crippen molar-refractivity contribution in [2.45, 2.75) is 64.1 Å². The van der Waals surface area contributed by atoms with Crippen molar-refractivity contribution in [1.29, 1.82) is 5.26 Å². The van der Waals surface area contributed by atoms with Crippen molar-refractivity contribution in [3.05, 3.63) is 88.2 Å². The molecule has 200 valence electrons. The zero-order chi connectivity index (χ0) is 26.8. The quantitative estimate of drug-likeness (QED) is 0.255. The summed E-state index contributed by atoms with van der Waals surface area (Å²) in [7, 11) is 0. The van der Waals surface area contributed by atoms with Gasteiger partial charge in [0.25, 0.3) is 0 Å². The summed E-state index contributed by atoms with van der Waals surface area (Å²) in [4.78, 5) is 11.1. The van der Waals surface area contributed by atoms with Crippen LogP contribution >= 0.6 is 11.6 Å². The maximum absolute atomic E-state index is 9.31. The van der Waals surface area contributed by atoms with Crippen molar-refractivity contribution in [1.82, 2.24) is 20.2 Å². The summed E-state index contributed by atoms with van der Waals surface area (Å²) in [5.41, 5.74) is 7.20. The van der Waals surface area contributed by atoms with E-state index in [1.807, 2.05) is 31.2 Å². The lowest BCUT2D eigenvalue weighted by atomic mass is 9.84. The molecule has 2 heterocycles. The number of nitrogens with one attached hydrogen (secondary N) is 2. The van der Waals surface area contributed by atoms with Crippen LogP contribution in [0.1, 0.15) is 67.1 Å². The van der Waals surface area contributed by atoms with E-state index in [4.69, 9.17) is 16.6 Å². The molecule has 2 aliphatic rings. The Balaban J connectivity index is 1.22. The molecular formula is C33H36ClN5. The van der Waals surface area contributed by atoms with Crippen LogP contribution in [-0.4, -0.2) is 34.0 Å². The number of benzene rings is 3. The average molecular weight is 538 g/mol. The molecule has 6 rings (SSSR count). The molecule has 0 radical (unpaired) electrons. The Morgan fingerprint density at radius 2 is 1.79 bits per heavy atom. The van der Waals surface area contributed by atoms with Gasteiger partial charge < -0.3 is 15.2 Å². The average Bonchev–Trinajstić information content (AvgIpc) is 3.65. The molecular weight excluding hydrogens is 502 g/mol. The van der Waals surface area contributed by atoms with E-state index in [-0.39, 0.29) is 6.04 Å². The highest BCUT2D eigenvalue weighted by Gasteiger charge is 2.31. The number of H-pyrrole nitrogens is 1. The van der Waals surface area contributed by atoms with Gasteiger partial charge in [0.2, 0.25) is 0 Å². The maximum atomic E-state index is 9.31. The standard InChI is InChI=1S/C33H36ClN5/c1-22-17-30-31(19-29(22)34)38-32(37-30)21-36-33(26-13-15-39(16-14-26)28-7-2-3-8-28)25-11-9-24(10-12-25)27-6-4-5-23(18-27)20-35/h4-6,9-12,17-19,26,28,33,36H,2-3,7-8,13-16,21H2,1H3,(H,37,38). The molecule has 1 aliphatic carbocycles. The van der Waals surface area contributed by atoms with E-state index in [2.05, 4.69) is 57.7 Å². The van der Waals surface area contributed by atoms with E-state index >= 15 is 0 Å². The monoisotopic (exact) mass is 537 g/mol. The van der Waals surface area contributed by atoms with Gasteiger partial charge in [0.1, 0.15) is 5.82 Å². The lowest BCUT2D eigenvalue weighted by Crippen LogP contribution is -2.43. The number of likely N-dealkylation sites (tertiary alicyclic amines) is 1. The van der Waals surface area contributed by atoms with E-state index in [1.54, 1.807) is 0 Å². The Hall–Kier alpha value is -3.17. The van der Waals surface area contributed by atoms with Gasteiger partial charge in [-0.2, -0.15) is 5.26 Å².